The first-order chi connectivity index (χ1) is 12.5. The highest BCUT2D eigenvalue weighted by molar-refractivity contribution is 7.13. The molecule has 1 aromatic heterocycles. The average Bonchev–Trinajstić information content (AvgIpc) is 3.29. The Morgan fingerprint density at radius 3 is 2.58 bits per heavy atom. The molecule has 0 spiro atoms. The largest absolute Gasteiger partial charge is 0.325 e. The van der Waals surface area contributed by atoms with Gasteiger partial charge in [-0.1, -0.05) is 24.5 Å². The summed E-state index contributed by atoms with van der Waals surface area (Å²) in [6, 6.07) is 5.39. The summed E-state index contributed by atoms with van der Waals surface area (Å²) in [5, 5.41) is 7.48. The van der Waals surface area contributed by atoms with Crippen LogP contribution in [0.4, 0.5) is 10.8 Å². The van der Waals surface area contributed by atoms with Crippen molar-refractivity contribution in [2.45, 2.75) is 39.0 Å². The van der Waals surface area contributed by atoms with Crippen molar-refractivity contribution in [2.75, 3.05) is 10.6 Å². The van der Waals surface area contributed by atoms with E-state index in [1.807, 2.05) is 19.1 Å². The zero-order valence-corrected chi connectivity index (χ0v) is 15.4. The number of anilines is 2. The van der Waals surface area contributed by atoms with Gasteiger partial charge in [0.1, 0.15) is 6.42 Å². The Morgan fingerprint density at radius 2 is 1.88 bits per heavy atom. The van der Waals surface area contributed by atoms with Crippen LogP contribution in [-0.2, 0) is 9.59 Å². The van der Waals surface area contributed by atoms with Gasteiger partial charge in [-0.25, -0.2) is 4.98 Å². The van der Waals surface area contributed by atoms with E-state index in [2.05, 4.69) is 15.6 Å². The number of hydrogen-bond donors (Lipinski definition) is 2. The lowest BCUT2D eigenvalue weighted by atomic mass is 9.94. The van der Waals surface area contributed by atoms with Crippen molar-refractivity contribution in [1.29, 1.82) is 0 Å². The van der Waals surface area contributed by atoms with Gasteiger partial charge >= 0.3 is 0 Å². The van der Waals surface area contributed by atoms with Gasteiger partial charge in [-0.15, -0.1) is 11.3 Å². The molecule has 6 nitrogen and oxygen atoms in total. The number of amides is 2. The molecule has 0 atom stereocenters. The Balaban J connectivity index is 1.67. The van der Waals surface area contributed by atoms with Crippen molar-refractivity contribution < 1.29 is 14.4 Å². The second-order valence-electron chi connectivity index (χ2n) is 6.51. The minimum absolute atomic E-state index is 0.0284. The number of thiazole rings is 1. The molecule has 1 aliphatic carbocycles. The van der Waals surface area contributed by atoms with Gasteiger partial charge in [0.25, 0.3) is 0 Å². The molecular weight excluding hydrogens is 350 g/mol. The van der Waals surface area contributed by atoms with Crippen LogP contribution < -0.4 is 10.6 Å². The van der Waals surface area contributed by atoms with Gasteiger partial charge in [0.05, 0.1) is 5.69 Å². The number of ketones is 1. The highest BCUT2D eigenvalue weighted by Gasteiger charge is 2.26. The SMILES string of the molecule is Cc1ccc(NC(=O)CC(=O)Nc2nccs2)c(C(=O)C2CCCC2)c1. The predicted octanol–water partition coefficient (Wildman–Crippen LogP) is 3.79. The van der Waals surface area contributed by atoms with Crippen LogP contribution in [0.25, 0.3) is 0 Å². The van der Waals surface area contributed by atoms with E-state index < -0.39 is 11.8 Å². The van der Waals surface area contributed by atoms with Crippen molar-refractivity contribution in [3.63, 3.8) is 0 Å². The number of aromatic nitrogens is 1. The van der Waals surface area contributed by atoms with Gasteiger partial charge in [0.15, 0.2) is 10.9 Å². The smallest absolute Gasteiger partial charge is 0.235 e. The van der Waals surface area contributed by atoms with Crippen molar-refractivity contribution in [3.8, 4) is 0 Å². The molecule has 1 fully saturated rings. The standard InChI is InChI=1S/C19H21N3O3S/c1-12-6-7-15(14(10-12)18(25)13-4-2-3-5-13)21-16(23)11-17(24)22-19-20-8-9-26-19/h6-10,13H,2-5,11H2,1H3,(H,21,23)(H,20,22,24). The van der Waals surface area contributed by atoms with E-state index in [1.165, 1.54) is 11.3 Å². The Hall–Kier alpha value is -2.54. The van der Waals surface area contributed by atoms with Crippen LogP contribution >= 0.6 is 11.3 Å². The molecule has 0 bridgehead atoms. The number of aryl methyl sites for hydroxylation is 1. The number of rotatable bonds is 6. The van der Waals surface area contributed by atoms with Crippen molar-refractivity contribution in [2.24, 2.45) is 5.92 Å². The van der Waals surface area contributed by atoms with Gasteiger partial charge in [-0.2, -0.15) is 0 Å². The van der Waals surface area contributed by atoms with Crippen LogP contribution in [0.3, 0.4) is 0 Å². The predicted molar refractivity (Wildman–Crippen MR) is 101 cm³/mol. The second-order valence-corrected chi connectivity index (χ2v) is 7.40. The summed E-state index contributed by atoms with van der Waals surface area (Å²) >= 11 is 1.28. The molecule has 26 heavy (non-hydrogen) atoms. The van der Waals surface area contributed by atoms with Crippen molar-refractivity contribution in [3.05, 3.63) is 40.9 Å². The molecule has 2 N–H and O–H groups in total. The van der Waals surface area contributed by atoms with Crippen LogP contribution in [0.2, 0.25) is 0 Å². The van der Waals surface area contributed by atoms with Crippen molar-refractivity contribution in [1.82, 2.24) is 4.98 Å². The molecule has 0 radical (unpaired) electrons. The number of carbonyl (C=O) groups excluding carboxylic acids is 3. The number of Topliss-reactive ketones (excluding diaryl/α,β-unsaturated/α-hetero) is 1. The molecule has 1 saturated carbocycles. The third kappa shape index (κ3) is 4.54. The molecule has 1 aliphatic rings. The quantitative estimate of drug-likeness (QED) is 0.597. The fraction of sp³-hybridized carbons (Fsp3) is 0.368. The normalized spacial score (nSPS) is 14.2. The minimum Gasteiger partial charge on any atom is -0.325 e. The first-order valence-electron chi connectivity index (χ1n) is 8.67. The zero-order valence-electron chi connectivity index (χ0n) is 14.6. The summed E-state index contributed by atoms with van der Waals surface area (Å²) < 4.78 is 0. The number of benzene rings is 1. The lowest BCUT2D eigenvalue weighted by Gasteiger charge is -2.14. The van der Waals surface area contributed by atoms with E-state index in [9.17, 15) is 14.4 Å². The lowest BCUT2D eigenvalue weighted by molar-refractivity contribution is -0.123. The number of hydrogen-bond acceptors (Lipinski definition) is 5. The first-order valence-corrected chi connectivity index (χ1v) is 9.55. The summed E-state index contributed by atoms with van der Waals surface area (Å²) in [6.45, 7) is 1.92. The van der Waals surface area contributed by atoms with E-state index >= 15 is 0 Å². The zero-order chi connectivity index (χ0) is 18.5. The fourth-order valence-electron chi connectivity index (χ4n) is 3.17. The number of nitrogens with zero attached hydrogens (tertiary/aromatic N) is 1. The molecule has 3 rings (SSSR count). The topological polar surface area (TPSA) is 88.2 Å². The Labute approximate surface area is 156 Å². The van der Waals surface area contributed by atoms with E-state index in [0.717, 1.165) is 31.2 Å². The van der Waals surface area contributed by atoms with Gasteiger partial charge in [-0.3, -0.25) is 14.4 Å². The average molecular weight is 371 g/mol. The maximum Gasteiger partial charge on any atom is 0.235 e. The first kappa shape index (κ1) is 18.3. The van der Waals surface area contributed by atoms with Crippen LogP contribution in [0, 0.1) is 12.8 Å². The molecule has 2 amide bonds. The van der Waals surface area contributed by atoms with Crippen LogP contribution in [0.1, 0.15) is 48.0 Å². The highest BCUT2D eigenvalue weighted by Crippen LogP contribution is 2.31. The number of nitrogens with one attached hydrogen (secondary N) is 2. The third-order valence-corrected chi connectivity index (χ3v) is 5.13. The molecule has 0 aliphatic heterocycles. The monoisotopic (exact) mass is 371 g/mol. The van der Waals surface area contributed by atoms with Crippen molar-refractivity contribution >= 4 is 39.8 Å². The van der Waals surface area contributed by atoms with Crippen LogP contribution in [0.5, 0.6) is 0 Å². The summed E-state index contributed by atoms with van der Waals surface area (Å²) in [5.41, 5.74) is 1.97. The minimum atomic E-state index is -0.455. The molecular formula is C19H21N3O3S. The lowest BCUT2D eigenvalue weighted by Crippen LogP contribution is -2.23. The van der Waals surface area contributed by atoms with Crippen LogP contribution in [-0.4, -0.2) is 22.6 Å². The maximum absolute atomic E-state index is 12.8. The van der Waals surface area contributed by atoms with Gasteiger partial charge < -0.3 is 10.6 Å². The molecule has 1 aromatic carbocycles. The third-order valence-electron chi connectivity index (χ3n) is 4.44. The summed E-state index contributed by atoms with van der Waals surface area (Å²) in [4.78, 5) is 40.9. The fourth-order valence-corrected chi connectivity index (χ4v) is 3.71. The van der Waals surface area contributed by atoms with E-state index in [-0.39, 0.29) is 18.1 Å². The van der Waals surface area contributed by atoms with E-state index in [4.69, 9.17) is 0 Å². The molecule has 0 unspecified atom stereocenters. The van der Waals surface area contributed by atoms with E-state index in [0.29, 0.717) is 16.4 Å². The van der Waals surface area contributed by atoms with E-state index in [1.54, 1.807) is 17.6 Å². The van der Waals surface area contributed by atoms with Gasteiger partial charge in [-0.05, 0) is 31.9 Å². The summed E-state index contributed by atoms with van der Waals surface area (Å²) in [7, 11) is 0. The molecule has 7 heteroatoms. The Bertz CT molecular complexity index is 811. The molecule has 136 valence electrons. The summed E-state index contributed by atoms with van der Waals surface area (Å²) in [5.74, 6) is -0.786. The Morgan fingerprint density at radius 1 is 1.15 bits per heavy atom. The Kier molecular flexibility index (Phi) is 5.78. The van der Waals surface area contributed by atoms with Crippen LogP contribution in [0.15, 0.2) is 29.8 Å². The summed E-state index contributed by atoms with van der Waals surface area (Å²) in [6.07, 6.45) is 5.19. The van der Waals surface area contributed by atoms with Gasteiger partial charge in [0.2, 0.25) is 11.8 Å². The molecule has 0 saturated heterocycles. The maximum atomic E-state index is 12.8. The molecule has 1 heterocycles. The van der Waals surface area contributed by atoms with Gasteiger partial charge in [0, 0.05) is 23.1 Å². The highest BCUT2D eigenvalue weighted by atomic mass is 32.1. The number of carbonyl (C=O) groups is 3. The molecule has 2 aromatic rings. The second kappa shape index (κ2) is 8.23.